The van der Waals surface area contributed by atoms with Crippen LogP contribution in [0.15, 0.2) is 33.2 Å². The molecule has 3 rings (SSSR count). The Morgan fingerprint density at radius 2 is 2.17 bits per heavy atom. The van der Waals surface area contributed by atoms with Crippen LogP contribution < -0.4 is 4.90 Å². The summed E-state index contributed by atoms with van der Waals surface area (Å²) in [5, 5.41) is 0. The topological polar surface area (TPSA) is 72.6 Å². The predicted molar refractivity (Wildman–Crippen MR) is 90.4 cm³/mol. The smallest absolute Gasteiger partial charge is 0.319 e. The molecule has 1 fully saturated rings. The molecule has 1 atom stereocenters. The highest BCUT2D eigenvalue weighted by Crippen LogP contribution is 2.31. The zero-order valence-corrected chi connectivity index (χ0v) is 15.0. The van der Waals surface area contributed by atoms with Crippen LogP contribution >= 0.6 is 15.9 Å². The summed E-state index contributed by atoms with van der Waals surface area (Å²) in [5.41, 5.74) is 1.52. The van der Waals surface area contributed by atoms with Gasteiger partial charge in [0.1, 0.15) is 11.7 Å². The van der Waals surface area contributed by atoms with Crippen molar-refractivity contribution in [2.24, 2.45) is 5.92 Å². The number of oxazole rings is 1. The number of hydrogen-bond acceptors (Lipinski definition) is 5. The van der Waals surface area contributed by atoms with Crippen molar-refractivity contribution in [3.63, 3.8) is 0 Å². The Kier molecular flexibility index (Phi) is 4.71. The van der Waals surface area contributed by atoms with E-state index in [0.717, 1.165) is 15.9 Å². The van der Waals surface area contributed by atoms with E-state index in [2.05, 4.69) is 20.9 Å². The zero-order valence-electron chi connectivity index (χ0n) is 13.4. The summed E-state index contributed by atoms with van der Waals surface area (Å²) in [6.45, 7) is 4.04. The third-order valence-corrected chi connectivity index (χ3v) is 4.71. The lowest BCUT2D eigenvalue weighted by Crippen LogP contribution is -2.31. The van der Waals surface area contributed by atoms with Crippen molar-refractivity contribution < 1.29 is 18.7 Å². The molecule has 1 aliphatic heterocycles. The predicted octanol–water partition coefficient (Wildman–Crippen LogP) is 3.15. The molecule has 0 unspecified atom stereocenters. The number of para-hydroxylation sites is 1. The Morgan fingerprint density at radius 3 is 2.83 bits per heavy atom. The number of amides is 1. The van der Waals surface area contributed by atoms with Gasteiger partial charge in [-0.15, -0.1) is 0 Å². The standard InChI is InChI=1S/C17H17BrN2O4/c1-10-11(2)24-15(19-10)9-23-17(22)12-7-8-20(16(12)21)14-6-4-3-5-13(14)18/h3-6,12H,7-9H2,1-2H3/t12-/m0/s1. The maximum absolute atomic E-state index is 12.5. The van der Waals surface area contributed by atoms with E-state index in [-0.39, 0.29) is 12.5 Å². The summed E-state index contributed by atoms with van der Waals surface area (Å²) in [5.74, 6) is -0.534. The number of carbonyl (C=O) groups excluding carboxylic acids is 2. The monoisotopic (exact) mass is 392 g/mol. The van der Waals surface area contributed by atoms with E-state index in [9.17, 15) is 9.59 Å². The highest BCUT2D eigenvalue weighted by molar-refractivity contribution is 9.10. The molecule has 1 amide bonds. The first kappa shape index (κ1) is 16.7. The summed E-state index contributed by atoms with van der Waals surface area (Å²) in [4.78, 5) is 30.5. The first-order chi connectivity index (χ1) is 11.5. The Morgan fingerprint density at radius 1 is 1.42 bits per heavy atom. The highest BCUT2D eigenvalue weighted by atomic mass is 79.9. The molecule has 2 heterocycles. The van der Waals surface area contributed by atoms with Gasteiger partial charge in [0.15, 0.2) is 6.61 Å². The van der Waals surface area contributed by atoms with E-state index in [0.29, 0.717) is 24.6 Å². The summed E-state index contributed by atoms with van der Waals surface area (Å²) in [6, 6.07) is 7.43. The second kappa shape index (κ2) is 6.76. The summed E-state index contributed by atoms with van der Waals surface area (Å²) >= 11 is 3.43. The number of aryl methyl sites for hydroxylation is 2. The number of esters is 1. The van der Waals surface area contributed by atoms with Crippen LogP contribution in [0.2, 0.25) is 0 Å². The third kappa shape index (κ3) is 3.21. The van der Waals surface area contributed by atoms with E-state index >= 15 is 0 Å². The number of benzene rings is 1. The van der Waals surface area contributed by atoms with Gasteiger partial charge in [-0.1, -0.05) is 12.1 Å². The SMILES string of the molecule is Cc1nc(COC(=O)[C@H]2CCN(c3ccccc3Br)C2=O)oc1C. The summed E-state index contributed by atoms with van der Waals surface area (Å²) < 4.78 is 11.4. The molecule has 0 aliphatic carbocycles. The molecule has 0 radical (unpaired) electrons. The lowest BCUT2D eigenvalue weighted by atomic mass is 10.1. The molecule has 0 saturated carbocycles. The van der Waals surface area contributed by atoms with Gasteiger partial charge in [-0.3, -0.25) is 9.59 Å². The lowest BCUT2D eigenvalue weighted by molar-refractivity contribution is -0.152. The van der Waals surface area contributed by atoms with Gasteiger partial charge in [0.2, 0.25) is 11.8 Å². The molecule has 0 bridgehead atoms. The number of rotatable bonds is 4. The number of anilines is 1. The van der Waals surface area contributed by atoms with Crippen LogP contribution in [0.25, 0.3) is 0 Å². The maximum Gasteiger partial charge on any atom is 0.319 e. The van der Waals surface area contributed by atoms with Crippen molar-refractivity contribution in [2.75, 3.05) is 11.4 Å². The molecule has 1 aromatic carbocycles. The summed E-state index contributed by atoms with van der Waals surface area (Å²) in [7, 11) is 0. The Balaban J connectivity index is 1.64. The fourth-order valence-electron chi connectivity index (χ4n) is 2.64. The van der Waals surface area contributed by atoms with E-state index in [1.165, 1.54) is 0 Å². The number of halogens is 1. The van der Waals surface area contributed by atoms with Crippen LogP contribution in [-0.4, -0.2) is 23.4 Å². The molecule has 1 aromatic heterocycles. The van der Waals surface area contributed by atoms with Crippen LogP contribution in [0.1, 0.15) is 23.8 Å². The van der Waals surface area contributed by atoms with Crippen molar-refractivity contribution in [1.82, 2.24) is 4.98 Å². The minimum atomic E-state index is -0.783. The molecule has 7 heteroatoms. The normalized spacial score (nSPS) is 17.4. The Bertz CT molecular complexity index is 767. The molecule has 2 aromatic rings. The van der Waals surface area contributed by atoms with E-state index in [1.54, 1.807) is 11.8 Å². The number of carbonyl (C=O) groups is 2. The fourth-order valence-corrected chi connectivity index (χ4v) is 3.14. The molecule has 1 saturated heterocycles. The molecular formula is C17H17BrN2O4. The van der Waals surface area contributed by atoms with Crippen LogP contribution in [-0.2, 0) is 20.9 Å². The average Bonchev–Trinajstić information content (AvgIpc) is 3.08. The van der Waals surface area contributed by atoms with E-state index < -0.39 is 11.9 Å². The first-order valence-electron chi connectivity index (χ1n) is 7.63. The number of hydrogen-bond donors (Lipinski definition) is 0. The van der Waals surface area contributed by atoms with Crippen molar-refractivity contribution in [3.05, 3.63) is 46.1 Å². The molecule has 0 N–H and O–H groups in total. The number of nitrogens with zero attached hydrogens (tertiary/aromatic N) is 2. The van der Waals surface area contributed by atoms with Gasteiger partial charge in [-0.2, -0.15) is 0 Å². The minimum Gasteiger partial charge on any atom is -0.455 e. The minimum absolute atomic E-state index is 0.0632. The van der Waals surface area contributed by atoms with Gasteiger partial charge >= 0.3 is 5.97 Å². The van der Waals surface area contributed by atoms with Crippen LogP contribution in [0.5, 0.6) is 0 Å². The van der Waals surface area contributed by atoms with Gasteiger partial charge < -0.3 is 14.1 Å². The maximum atomic E-state index is 12.5. The Labute approximate surface area is 147 Å². The van der Waals surface area contributed by atoms with Crippen LogP contribution in [0, 0.1) is 19.8 Å². The second-order valence-electron chi connectivity index (χ2n) is 5.64. The van der Waals surface area contributed by atoms with E-state index in [1.807, 2.05) is 31.2 Å². The average molecular weight is 393 g/mol. The molecular weight excluding hydrogens is 376 g/mol. The van der Waals surface area contributed by atoms with Gasteiger partial charge in [0.25, 0.3) is 0 Å². The molecule has 1 aliphatic rings. The quantitative estimate of drug-likeness (QED) is 0.590. The van der Waals surface area contributed by atoms with Crippen LogP contribution in [0.4, 0.5) is 5.69 Å². The van der Waals surface area contributed by atoms with Crippen LogP contribution in [0.3, 0.4) is 0 Å². The van der Waals surface area contributed by atoms with Gasteiger partial charge in [0.05, 0.1) is 11.4 Å². The fraction of sp³-hybridized carbons (Fsp3) is 0.353. The van der Waals surface area contributed by atoms with Crippen molar-refractivity contribution in [3.8, 4) is 0 Å². The Hall–Kier alpha value is -2.15. The number of aromatic nitrogens is 1. The molecule has 24 heavy (non-hydrogen) atoms. The first-order valence-corrected chi connectivity index (χ1v) is 8.42. The largest absolute Gasteiger partial charge is 0.455 e. The third-order valence-electron chi connectivity index (χ3n) is 4.04. The summed E-state index contributed by atoms with van der Waals surface area (Å²) in [6.07, 6.45) is 0.433. The number of ether oxygens (including phenoxy) is 1. The van der Waals surface area contributed by atoms with Gasteiger partial charge in [0, 0.05) is 11.0 Å². The second-order valence-corrected chi connectivity index (χ2v) is 6.49. The lowest BCUT2D eigenvalue weighted by Gasteiger charge is -2.18. The van der Waals surface area contributed by atoms with Crippen molar-refractivity contribution in [1.29, 1.82) is 0 Å². The molecule has 6 nitrogen and oxygen atoms in total. The zero-order chi connectivity index (χ0) is 17.3. The highest BCUT2D eigenvalue weighted by Gasteiger charge is 2.39. The molecule has 126 valence electrons. The van der Waals surface area contributed by atoms with Crippen molar-refractivity contribution in [2.45, 2.75) is 26.9 Å². The van der Waals surface area contributed by atoms with Gasteiger partial charge in [-0.25, -0.2) is 4.98 Å². The van der Waals surface area contributed by atoms with E-state index in [4.69, 9.17) is 9.15 Å². The molecule has 0 spiro atoms. The van der Waals surface area contributed by atoms with Crippen molar-refractivity contribution >= 4 is 33.5 Å². The van der Waals surface area contributed by atoms with Gasteiger partial charge in [-0.05, 0) is 48.3 Å².